The second-order valence-electron chi connectivity index (χ2n) is 5.44. The summed E-state index contributed by atoms with van der Waals surface area (Å²) in [7, 11) is 0. The predicted octanol–water partition coefficient (Wildman–Crippen LogP) is 0.113. The molecule has 7 nitrogen and oxygen atoms in total. The highest BCUT2D eigenvalue weighted by atomic mass is 19.1. The highest BCUT2D eigenvalue weighted by Gasteiger charge is 2.54. The highest BCUT2D eigenvalue weighted by molar-refractivity contribution is 4.98. The first-order valence-corrected chi connectivity index (χ1v) is 6.30. The van der Waals surface area contributed by atoms with E-state index in [0.29, 0.717) is 0 Å². The fraction of sp³-hybridized carbons (Fsp3) is 0.667. The second kappa shape index (κ2) is 4.24. The molecule has 3 rings (SSSR count). The fourth-order valence-electron chi connectivity index (χ4n) is 2.65. The van der Waals surface area contributed by atoms with E-state index >= 15 is 0 Å². The molecule has 0 bridgehead atoms. The van der Waals surface area contributed by atoms with Gasteiger partial charge < -0.3 is 14.2 Å². The molecule has 1 aromatic heterocycles. The van der Waals surface area contributed by atoms with E-state index in [2.05, 4.69) is 0 Å². The molecule has 0 spiro atoms. The molecule has 2 aliphatic rings. The van der Waals surface area contributed by atoms with Crippen molar-refractivity contribution < 1.29 is 18.6 Å². The molecule has 0 aliphatic carbocycles. The lowest BCUT2D eigenvalue weighted by atomic mass is 10.1. The summed E-state index contributed by atoms with van der Waals surface area (Å²) in [4.78, 5) is 24.8. The fourth-order valence-corrected chi connectivity index (χ4v) is 2.65. The number of nitrogens with one attached hydrogen (secondary N) is 1. The van der Waals surface area contributed by atoms with Crippen molar-refractivity contribution in [1.29, 1.82) is 0 Å². The number of H-pyrrole nitrogens is 1. The zero-order valence-electron chi connectivity index (χ0n) is 11.3. The van der Waals surface area contributed by atoms with Crippen LogP contribution in [0.5, 0.6) is 0 Å². The number of rotatable bonds is 1. The molecule has 8 heteroatoms. The topological polar surface area (TPSA) is 82.6 Å². The second-order valence-corrected chi connectivity index (χ2v) is 5.44. The van der Waals surface area contributed by atoms with Crippen molar-refractivity contribution in [3.63, 3.8) is 0 Å². The van der Waals surface area contributed by atoms with Crippen molar-refractivity contribution in [2.45, 2.75) is 51.1 Å². The van der Waals surface area contributed by atoms with Crippen LogP contribution in [0.4, 0.5) is 4.39 Å². The molecule has 0 aromatic carbocycles. The molecular weight excluding hydrogens is 274 g/mol. The summed E-state index contributed by atoms with van der Waals surface area (Å²) in [5.41, 5.74) is -1.81. The number of halogens is 1. The van der Waals surface area contributed by atoms with Crippen molar-refractivity contribution >= 4 is 0 Å². The lowest BCUT2D eigenvalue weighted by Gasteiger charge is -2.23. The Kier molecular flexibility index (Phi) is 2.86. The van der Waals surface area contributed by atoms with E-state index in [0.717, 1.165) is 10.8 Å². The van der Waals surface area contributed by atoms with Crippen LogP contribution >= 0.6 is 0 Å². The van der Waals surface area contributed by atoms with Crippen LogP contribution in [0.1, 0.15) is 27.0 Å². The van der Waals surface area contributed by atoms with Crippen molar-refractivity contribution in [3.8, 4) is 0 Å². The van der Waals surface area contributed by atoms with Gasteiger partial charge in [0.2, 0.25) is 5.82 Å². The SMILES string of the molecule is C[C@@H]1O[C@H]([15n]2cc(F)c(=O)[15nH][13c]2=O)[C@@H]2OC(C)(C)OC12. The molecule has 0 radical (unpaired) electrons. The molecule has 2 aliphatic heterocycles. The molecule has 3 heterocycles. The number of fused-ring (bicyclic) bond motifs is 1. The van der Waals surface area contributed by atoms with Gasteiger partial charge in [0.1, 0.15) is 12.2 Å². The first-order valence-electron chi connectivity index (χ1n) is 6.30. The molecule has 2 fully saturated rings. The standard InChI is InChI=1S/C12H15FN2O5/c1-5-7-8(20-12(2,3)19-7)10(18-5)15-4-6(13)9(16)14-11(15)17/h4-5,7-8,10H,1-3H3,(H,14,16,17)/t5-,7?,8+,10-/m0/s1/i11+1,14+1,15+1. The Morgan fingerprint density at radius 2 is 1.95 bits per heavy atom. The maximum atomic E-state index is 13.4. The molecule has 2 saturated heterocycles. The number of aromatic nitrogens is 2. The van der Waals surface area contributed by atoms with Crippen LogP contribution in [-0.2, 0) is 14.2 Å². The van der Waals surface area contributed by atoms with Crippen LogP contribution in [0.3, 0.4) is 0 Å². The third kappa shape index (κ3) is 2.00. The molecule has 20 heavy (non-hydrogen) atoms. The van der Waals surface area contributed by atoms with Gasteiger partial charge in [-0.15, -0.1) is 0 Å². The van der Waals surface area contributed by atoms with E-state index in [1.54, 1.807) is 20.8 Å². The lowest BCUT2D eigenvalue weighted by Crippen LogP contribution is -2.38. The summed E-state index contributed by atoms with van der Waals surface area (Å²) in [6.07, 6.45) is -1.21. The van der Waals surface area contributed by atoms with Gasteiger partial charge in [-0.25, -0.2) is 4.79 Å². The van der Waals surface area contributed by atoms with Gasteiger partial charge in [-0.2, -0.15) is 4.39 Å². The minimum atomic E-state index is -1.06. The number of nitrogens with zero attached hydrogens (tertiary/aromatic N) is 1. The summed E-state index contributed by atoms with van der Waals surface area (Å²) in [5.74, 6) is -1.85. The van der Waals surface area contributed by atoms with Gasteiger partial charge in [0.05, 0.1) is 12.3 Å². The summed E-state index contributed by atoms with van der Waals surface area (Å²) in [5, 5.41) is 0. The van der Waals surface area contributed by atoms with Gasteiger partial charge in [-0.1, -0.05) is 0 Å². The first kappa shape index (κ1) is 13.5. The Balaban J connectivity index is 2.01. The average molecular weight is 289 g/mol. The van der Waals surface area contributed by atoms with Crippen LogP contribution in [0, 0.1) is 5.82 Å². The molecule has 1 aromatic rings. The number of ether oxygens (including phenoxy) is 3. The van der Waals surface area contributed by atoms with Crippen molar-refractivity contribution in [3.05, 3.63) is 32.9 Å². The van der Waals surface area contributed by atoms with Crippen LogP contribution in [0.25, 0.3) is 0 Å². The molecule has 1 N–H and O–H groups in total. The number of hydrogen-bond acceptors (Lipinski definition) is 5. The normalized spacial score (nSPS) is 35.2. The molecule has 0 amide bonds. The Morgan fingerprint density at radius 1 is 1.30 bits per heavy atom. The number of hydrogen-bond donors (Lipinski definition) is 1. The minimum absolute atomic E-state index is 0.311. The van der Waals surface area contributed by atoms with E-state index in [1.165, 1.54) is 0 Å². The quantitative estimate of drug-likeness (QED) is 0.793. The smallest absolute Gasteiger partial charge is 0.330 e. The Labute approximate surface area is 113 Å². The van der Waals surface area contributed by atoms with Gasteiger partial charge in [0.25, 0.3) is 5.56 Å². The van der Waals surface area contributed by atoms with Crippen molar-refractivity contribution in [1.82, 2.24) is 9.55 Å². The van der Waals surface area contributed by atoms with E-state index in [-0.39, 0.29) is 12.2 Å². The summed E-state index contributed by atoms with van der Waals surface area (Å²) in [6.45, 7) is 5.30. The lowest BCUT2D eigenvalue weighted by molar-refractivity contribution is -0.195. The van der Waals surface area contributed by atoms with E-state index in [1.807, 2.05) is 4.98 Å². The monoisotopic (exact) mass is 289 g/mol. The highest BCUT2D eigenvalue weighted by Crippen LogP contribution is 2.42. The Bertz CT molecular complexity index is 652. The third-order valence-corrected chi connectivity index (χ3v) is 3.46. The van der Waals surface area contributed by atoms with Crippen LogP contribution in [0.15, 0.2) is 15.8 Å². The van der Waals surface area contributed by atoms with Crippen molar-refractivity contribution in [2.24, 2.45) is 0 Å². The van der Waals surface area contributed by atoms with Gasteiger partial charge in [-0.05, 0) is 20.8 Å². The van der Waals surface area contributed by atoms with Crippen molar-refractivity contribution in [2.75, 3.05) is 0 Å². The van der Waals surface area contributed by atoms with Crippen LogP contribution in [0.2, 0.25) is 0 Å². The van der Waals surface area contributed by atoms with Crippen LogP contribution < -0.4 is 11.2 Å². The van der Waals surface area contributed by atoms with Gasteiger partial charge in [0, 0.05) is 0 Å². The Morgan fingerprint density at radius 3 is 2.65 bits per heavy atom. The van der Waals surface area contributed by atoms with Gasteiger partial charge in [0.15, 0.2) is 12.0 Å². The zero-order chi connectivity index (χ0) is 14.7. The predicted molar refractivity (Wildman–Crippen MR) is 64.7 cm³/mol. The van der Waals surface area contributed by atoms with Gasteiger partial charge in [-0.3, -0.25) is 14.3 Å². The summed E-state index contributed by atoms with van der Waals surface area (Å²) >= 11 is 0. The van der Waals surface area contributed by atoms with E-state index in [4.69, 9.17) is 14.2 Å². The maximum Gasteiger partial charge on any atom is 0.330 e. The first-order chi connectivity index (χ1) is 9.28. The molecule has 110 valence electrons. The summed E-state index contributed by atoms with van der Waals surface area (Å²) < 4.78 is 31.4. The van der Waals surface area contributed by atoms with E-state index < -0.39 is 35.2 Å². The molecule has 1 unspecified atom stereocenters. The third-order valence-electron chi connectivity index (χ3n) is 3.46. The zero-order valence-corrected chi connectivity index (χ0v) is 11.3. The Hall–Kier alpha value is -1.51. The number of aromatic amines is 1. The van der Waals surface area contributed by atoms with Crippen LogP contribution in [-0.4, -0.2) is 33.7 Å². The maximum absolute atomic E-state index is 13.4. The largest absolute Gasteiger partial charge is 0.349 e. The molecule has 0 saturated carbocycles. The average Bonchev–Trinajstić information content (AvgIpc) is 2.80. The molecule has 4 atom stereocenters. The van der Waals surface area contributed by atoms with Gasteiger partial charge >= 0.3 is 5.69 Å². The van der Waals surface area contributed by atoms with E-state index in [9.17, 15) is 14.0 Å². The minimum Gasteiger partial charge on any atom is -0.349 e. The summed E-state index contributed by atoms with van der Waals surface area (Å²) in [6, 6.07) is 0. The molecular formula is C12H15FN2O5.